The Morgan fingerprint density at radius 3 is 2.91 bits per heavy atom. The summed E-state index contributed by atoms with van der Waals surface area (Å²) < 4.78 is 2.95. The van der Waals surface area contributed by atoms with Crippen molar-refractivity contribution < 1.29 is 0 Å². The highest BCUT2D eigenvalue weighted by Crippen LogP contribution is 1.97. The van der Waals surface area contributed by atoms with Gasteiger partial charge in [0.25, 0.3) is 0 Å². The van der Waals surface area contributed by atoms with Crippen LogP contribution in [0.2, 0.25) is 0 Å². The highest BCUT2D eigenvalue weighted by molar-refractivity contribution is 6.29. The Kier molecular flexibility index (Phi) is 2.14. The molecule has 0 radical (unpaired) electrons. The maximum Gasteiger partial charge on any atom is 0.364 e. The fraction of sp³-hybridized carbons (Fsp3) is 0.333. The molecule has 0 spiro atoms. The first-order valence-electron chi connectivity index (χ1n) is 3.03. The van der Waals surface area contributed by atoms with Crippen LogP contribution in [0.4, 0.5) is 0 Å². The largest absolute Gasteiger partial charge is 0.364 e. The van der Waals surface area contributed by atoms with Crippen LogP contribution in [-0.2, 0) is 13.6 Å². The van der Waals surface area contributed by atoms with Crippen molar-refractivity contribution in [2.75, 3.05) is 0 Å². The molecule has 0 amide bonds. The zero-order valence-corrected chi connectivity index (χ0v) is 6.88. The molecular weight excluding hydrogens is 166 g/mol. The maximum atomic E-state index is 10.9. The zero-order valence-electron chi connectivity index (χ0n) is 6.12. The van der Waals surface area contributed by atoms with Crippen molar-refractivity contribution in [2.45, 2.75) is 6.54 Å². The Morgan fingerprint density at radius 1 is 1.91 bits per heavy atom. The van der Waals surface area contributed by atoms with Gasteiger partial charge in [0, 0.05) is 12.1 Å². The van der Waals surface area contributed by atoms with E-state index in [1.54, 1.807) is 11.7 Å². The molecule has 5 heteroatoms. The van der Waals surface area contributed by atoms with Crippen LogP contribution >= 0.6 is 11.6 Å². The van der Waals surface area contributed by atoms with Gasteiger partial charge >= 0.3 is 5.69 Å². The van der Waals surface area contributed by atoms with Gasteiger partial charge in [-0.05, 0) is 0 Å². The fourth-order valence-corrected chi connectivity index (χ4v) is 0.852. The van der Waals surface area contributed by atoms with Crippen LogP contribution in [0.5, 0.6) is 0 Å². The molecule has 60 valence electrons. The molecular formula is C6H8ClN3O. The molecule has 0 aliphatic carbocycles. The number of nitrogens with zero attached hydrogens (tertiary/aromatic N) is 3. The lowest BCUT2D eigenvalue weighted by Crippen LogP contribution is -2.22. The van der Waals surface area contributed by atoms with Crippen LogP contribution in [0.1, 0.15) is 0 Å². The van der Waals surface area contributed by atoms with Gasteiger partial charge in [-0.15, -0.1) is 0 Å². The number of halogens is 1. The molecule has 0 bridgehead atoms. The number of aromatic nitrogens is 3. The second-order valence-corrected chi connectivity index (χ2v) is 2.71. The third kappa shape index (κ3) is 1.71. The van der Waals surface area contributed by atoms with Crippen molar-refractivity contribution in [3.63, 3.8) is 0 Å². The van der Waals surface area contributed by atoms with Crippen molar-refractivity contribution in [2.24, 2.45) is 7.05 Å². The summed E-state index contributed by atoms with van der Waals surface area (Å²) in [6, 6.07) is 0. The molecule has 0 aliphatic heterocycles. The first-order chi connectivity index (χ1) is 5.11. The summed E-state index contributed by atoms with van der Waals surface area (Å²) in [6.07, 6.45) is 1.43. The smallest absolute Gasteiger partial charge is 0.273 e. The van der Waals surface area contributed by atoms with Crippen molar-refractivity contribution in [3.8, 4) is 0 Å². The highest BCUT2D eigenvalue weighted by Gasteiger charge is 2.00. The van der Waals surface area contributed by atoms with E-state index < -0.39 is 0 Å². The van der Waals surface area contributed by atoms with Crippen molar-refractivity contribution >= 4 is 11.6 Å². The number of rotatable bonds is 2. The third-order valence-electron chi connectivity index (χ3n) is 1.26. The van der Waals surface area contributed by atoms with Crippen LogP contribution < -0.4 is 5.69 Å². The summed E-state index contributed by atoms with van der Waals surface area (Å²) in [6.45, 7) is 3.78. The monoisotopic (exact) mass is 173 g/mol. The third-order valence-corrected chi connectivity index (χ3v) is 1.38. The average Bonchev–Trinajstić information content (AvgIpc) is 2.18. The molecule has 0 unspecified atom stereocenters. The summed E-state index contributed by atoms with van der Waals surface area (Å²) in [7, 11) is 1.72. The second kappa shape index (κ2) is 2.92. The number of aryl methyl sites for hydroxylation is 1. The molecule has 0 aromatic carbocycles. The topological polar surface area (TPSA) is 39.8 Å². The molecule has 1 heterocycles. The quantitative estimate of drug-likeness (QED) is 0.647. The van der Waals surface area contributed by atoms with Gasteiger partial charge in [-0.1, -0.05) is 18.2 Å². The molecule has 4 nitrogen and oxygen atoms in total. The van der Waals surface area contributed by atoms with E-state index in [1.807, 2.05) is 0 Å². The Bertz CT molecular complexity index is 325. The zero-order chi connectivity index (χ0) is 8.43. The Labute approximate surface area is 68.7 Å². The molecule has 1 aromatic rings. The average molecular weight is 174 g/mol. The number of hydrogen-bond donors (Lipinski definition) is 0. The highest BCUT2D eigenvalue weighted by atomic mass is 35.5. The Morgan fingerprint density at radius 2 is 2.55 bits per heavy atom. The number of hydrogen-bond acceptors (Lipinski definition) is 2. The predicted octanol–water partition coefficient (Wildman–Crippen LogP) is 0.334. The van der Waals surface area contributed by atoms with E-state index in [-0.39, 0.29) is 5.69 Å². The first kappa shape index (κ1) is 8.07. The summed E-state index contributed by atoms with van der Waals surface area (Å²) in [5.41, 5.74) is -0.311. The van der Waals surface area contributed by atoms with Gasteiger partial charge in [0.1, 0.15) is 6.33 Å². The van der Waals surface area contributed by atoms with E-state index >= 15 is 0 Å². The van der Waals surface area contributed by atoms with Crippen LogP contribution in [0, 0.1) is 0 Å². The van der Waals surface area contributed by atoms with Crippen LogP contribution in [0.25, 0.3) is 0 Å². The van der Waals surface area contributed by atoms with E-state index in [4.69, 9.17) is 11.6 Å². The summed E-state index contributed by atoms with van der Waals surface area (Å²) in [5.74, 6) is 0. The van der Waals surface area contributed by atoms with Gasteiger partial charge in [0.2, 0.25) is 0 Å². The normalized spacial score (nSPS) is 10.0. The summed E-state index contributed by atoms with van der Waals surface area (Å²) >= 11 is 5.52. The standard InChI is InChI=1S/C6H8ClN3O/c1-5(7)3-10-6(11)8-4-9(10)2/h4H,1,3H2,2H3. The van der Waals surface area contributed by atoms with Gasteiger partial charge in [-0.25, -0.2) is 9.48 Å². The summed E-state index contributed by atoms with van der Waals surface area (Å²) in [5, 5.41) is 0.413. The molecule has 0 aliphatic rings. The minimum absolute atomic E-state index is 0.302. The number of allylic oxidation sites excluding steroid dienone is 1. The Hall–Kier alpha value is -1.03. The molecule has 0 N–H and O–H groups in total. The SMILES string of the molecule is C=C(Cl)Cn1c(=O)ncn1C. The lowest BCUT2D eigenvalue weighted by atomic mass is 10.6. The van der Waals surface area contributed by atoms with Gasteiger partial charge in [0.05, 0.1) is 6.54 Å². The minimum atomic E-state index is -0.311. The lowest BCUT2D eigenvalue weighted by Gasteiger charge is -2.02. The molecule has 1 aromatic heterocycles. The van der Waals surface area contributed by atoms with Crippen LogP contribution in [0.3, 0.4) is 0 Å². The van der Waals surface area contributed by atoms with E-state index in [1.165, 1.54) is 11.0 Å². The van der Waals surface area contributed by atoms with Crippen molar-refractivity contribution in [1.29, 1.82) is 0 Å². The van der Waals surface area contributed by atoms with Gasteiger partial charge in [-0.3, -0.25) is 4.68 Å². The first-order valence-corrected chi connectivity index (χ1v) is 3.41. The lowest BCUT2D eigenvalue weighted by molar-refractivity contribution is 0.539. The second-order valence-electron chi connectivity index (χ2n) is 2.18. The van der Waals surface area contributed by atoms with Crippen molar-refractivity contribution in [1.82, 2.24) is 14.3 Å². The maximum absolute atomic E-state index is 10.9. The summed E-state index contributed by atoms with van der Waals surface area (Å²) in [4.78, 5) is 14.4. The van der Waals surface area contributed by atoms with Crippen LogP contribution in [0.15, 0.2) is 22.7 Å². The molecule has 0 saturated heterocycles. The Balaban J connectivity index is 3.01. The van der Waals surface area contributed by atoms with E-state index in [0.717, 1.165) is 0 Å². The van der Waals surface area contributed by atoms with Gasteiger partial charge in [0.15, 0.2) is 0 Å². The van der Waals surface area contributed by atoms with Gasteiger partial charge in [-0.2, -0.15) is 4.98 Å². The molecule has 0 fully saturated rings. The van der Waals surface area contributed by atoms with Gasteiger partial charge < -0.3 is 0 Å². The van der Waals surface area contributed by atoms with E-state index in [9.17, 15) is 4.79 Å². The fourth-order valence-electron chi connectivity index (χ4n) is 0.739. The predicted molar refractivity (Wildman–Crippen MR) is 42.5 cm³/mol. The van der Waals surface area contributed by atoms with E-state index in [2.05, 4.69) is 11.6 Å². The van der Waals surface area contributed by atoms with E-state index in [0.29, 0.717) is 11.6 Å². The molecule has 11 heavy (non-hydrogen) atoms. The minimum Gasteiger partial charge on any atom is -0.273 e. The van der Waals surface area contributed by atoms with Crippen LogP contribution in [-0.4, -0.2) is 14.3 Å². The molecule has 0 saturated carbocycles. The molecule has 0 atom stereocenters. The van der Waals surface area contributed by atoms with Crippen molar-refractivity contribution in [3.05, 3.63) is 28.4 Å². The molecule has 1 rings (SSSR count).